The minimum absolute atomic E-state index is 0.263. The Morgan fingerprint density at radius 2 is 1.94 bits per heavy atom. The van der Waals surface area contributed by atoms with E-state index in [1.165, 1.54) is 26.4 Å². The molecule has 0 atom stereocenters. The highest BCUT2D eigenvalue weighted by molar-refractivity contribution is 5.90. The maximum atomic E-state index is 11.3. The van der Waals surface area contributed by atoms with Crippen LogP contribution in [0.2, 0.25) is 0 Å². The second-order valence-electron chi connectivity index (χ2n) is 3.12. The van der Waals surface area contributed by atoms with Crippen molar-refractivity contribution in [1.29, 1.82) is 0 Å². The van der Waals surface area contributed by atoms with Gasteiger partial charge < -0.3 is 19.7 Å². The molecule has 0 saturated heterocycles. The summed E-state index contributed by atoms with van der Waals surface area (Å²) in [7, 11) is 2.70. The van der Waals surface area contributed by atoms with Crippen molar-refractivity contribution in [3.8, 4) is 5.75 Å². The van der Waals surface area contributed by atoms with Crippen LogP contribution in [-0.4, -0.2) is 30.4 Å². The Bertz CT molecular complexity index is 361. The molecule has 0 unspecified atom stereocenters. The van der Waals surface area contributed by atoms with Crippen LogP contribution < -0.4 is 4.74 Å². The average Bonchev–Trinajstić information content (AvgIpc) is 2.35. The highest BCUT2D eigenvalue weighted by Crippen LogP contribution is 2.25. The van der Waals surface area contributed by atoms with E-state index in [2.05, 4.69) is 4.74 Å². The second kappa shape index (κ2) is 5.48. The van der Waals surface area contributed by atoms with E-state index < -0.39 is 5.97 Å². The number of carbonyl (C=O) groups excluding carboxylic acids is 1. The third kappa shape index (κ3) is 2.32. The summed E-state index contributed by atoms with van der Waals surface area (Å²) in [5.41, 5.74) is 1.19. The van der Waals surface area contributed by atoms with Gasteiger partial charge >= 0.3 is 5.97 Å². The highest BCUT2D eigenvalue weighted by atomic mass is 16.5. The molecule has 1 aromatic carbocycles. The first-order chi connectivity index (χ1) is 7.67. The van der Waals surface area contributed by atoms with Gasteiger partial charge in [-0.05, 0) is 17.7 Å². The fourth-order valence-corrected chi connectivity index (χ4v) is 1.44. The van der Waals surface area contributed by atoms with Gasteiger partial charge in [-0.15, -0.1) is 0 Å². The molecule has 16 heavy (non-hydrogen) atoms. The highest BCUT2D eigenvalue weighted by Gasteiger charge is 2.14. The molecule has 0 heterocycles. The Morgan fingerprint density at radius 3 is 2.38 bits per heavy atom. The van der Waals surface area contributed by atoms with Gasteiger partial charge in [-0.2, -0.15) is 0 Å². The van der Waals surface area contributed by atoms with Crippen molar-refractivity contribution in [2.24, 2.45) is 0 Å². The smallest absolute Gasteiger partial charge is 0.337 e. The van der Waals surface area contributed by atoms with E-state index in [1.54, 1.807) is 0 Å². The summed E-state index contributed by atoms with van der Waals surface area (Å²) in [6.45, 7) is -0.544. The Kier molecular flexibility index (Phi) is 4.28. The number of esters is 1. The van der Waals surface area contributed by atoms with E-state index in [-0.39, 0.29) is 18.8 Å². The SMILES string of the molecule is COC(=O)c1cc(CO)c(CO)c(OC)c1. The Balaban J connectivity index is 3.31. The van der Waals surface area contributed by atoms with Crippen molar-refractivity contribution in [2.45, 2.75) is 13.2 Å². The molecule has 0 aliphatic rings. The summed E-state index contributed by atoms with van der Waals surface area (Å²) >= 11 is 0. The van der Waals surface area contributed by atoms with Gasteiger partial charge in [-0.25, -0.2) is 4.79 Å². The molecule has 0 fully saturated rings. The molecule has 1 aromatic rings. The van der Waals surface area contributed by atoms with Gasteiger partial charge in [-0.3, -0.25) is 0 Å². The number of ether oxygens (including phenoxy) is 2. The van der Waals surface area contributed by atoms with Gasteiger partial charge in [0.2, 0.25) is 0 Å². The molecule has 88 valence electrons. The normalized spacial score (nSPS) is 10.0. The van der Waals surface area contributed by atoms with Crippen molar-refractivity contribution < 1.29 is 24.5 Å². The zero-order valence-corrected chi connectivity index (χ0v) is 9.19. The van der Waals surface area contributed by atoms with E-state index in [0.29, 0.717) is 16.9 Å². The monoisotopic (exact) mass is 226 g/mol. The quantitative estimate of drug-likeness (QED) is 0.730. The molecular weight excluding hydrogens is 212 g/mol. The molecule has 0 aliphatic carbocycles. The van der Waals surface area contributed by atoms with Crippen LogP contribution in [0.5, 0.6) is 5.75 Å². The maximum absolute atomic E-state index is 11.3. The van der Waals surface area contributed by atoms with Gasteiger partial charge in [0.05, 0.1) is 33.0 Å². The molecule has 0 radical (unpaired) electrons. The maximum Gasteiger partial charge on any atom is 0.337 e. The number of benzene rings is 1. The lowest BCUT2D eigenvalue weighted by Gasteiger charge is -2.12. The molecule has 2 N–H and O–H groups in total. The third-order valence-electron chi connectivity index (χ3n) is 2.27. The third-order valence-corrected chi connectivity index (χ3v) is 2.27. The number of carbonyl (C=O) groups is 1. The van der Waals surface area contributed by atoms with E-state index in [1.807, 2.05) is 0 Å². The Morgan fingerprint density at radius 1 is 1.25 bits per heavy atom. The molecule has 0 aliphatic heterocycles. The molecule has 0 bridgehead atoms. The molecule has 0 spiro atoms. The second-order valence-corrected chi connectivity index (χ2v) is 3.12. The van der Waals surface area contributed by atoms with Crippen LogP contribution in [0, 0.1) is 0 Å². The van der Waals surface area contributed by atoms with E-state index >= 15 is 0 Å². The summed E-state index contributed by atoms with van der Waals surface area (Å²) in [5, 5.41) is 18.3. The van der Waals surface area contributed by atoms with Crippen LogP contribution in [0.25, 0.3) is 0 Å². The predicted octanol–water partition coefficient (Wildman–Crippen LogP) is 0.466. The van der Waals surface area contributed by atoms with Crippen LogP contribution in [0.15, 0.2) is 12.1 Å². The van der Waals surface area contributed by atoms with Crippen LogP contribution in [0.4, 0.5) is 0 Å². The summed E-state index contributed by atoms with van der Waals surface area (Å²) in [6, 6.07) is 2.94. The summed E-state index contributed by atoms with van der Waals surface area (Å²) in [4.78, 5) is 11.3. The van der Waals surface area contributed by atoms with Crippen molar-refractivity contribution in [3.63, 3.8) is 0 Å². The number of rotatable bonds is 4. The van der Waals surface area contributed by atoms with Crippen LogP contribution >= 0.6 is 0 Å². The molecule has 5 heteroatoms. The van der Waals surface area contributed by atoms with Crippen LogP contribution in [0.3, 0.4) is 0 Å². The average molecular weight is 226 g/mol. The van der Waals surface area contributed by atoms with Crippen molar-refractivity contribution in [1.82, 2.24) is 0 Å². The molecule has 5 nitrogen and oxygen atoms in total. The number of aliphatic hydroxyl groups excluding tert-OH is 2. The number of aliphatic hydroxyl groups is 2. The summed E-state index contributed by atoms with van der Waals surface area (Å²) in [5.74, 6) is -0.160. The Hall–Kier alpha value is -1.59. The van der Waals surface area contributed by atoms with Gasteiger partial charge in [0, 0.05) is 5.56 Å². The summed E-state index contributed by atoms with van der Waals surface area (Å²) < 4.78 is 9.61. The standard InChI is InChI=1S/C11H14O5/c1-15-10-4-7(11(14)16-2)3-8(5-12)9(10)6-13/h3-4,12-13H,5-6H2,1-2H3. The van der Waals surface area contributed by atoms with Gasteiger partial charge in [-0.1, -0.05) is 0 Å². The minimum atomic E-state index is -0.516. The van der Waals surface area contributed by atoms with Crippen molar-refractivity contribution >= 4 is 5.97 Å². The van der Waals surface area contributed by atoms with Gasteiger partial charge in [0.15, 0.2) is 0 Å². The zero-order chi connectivity index (χ0) is 12.1. The molecule has 0 amide bonds. The van der Waals surface area contributed by atoms with E-state index in [9.17, 15) is 4.79 Å². The lowest BCUT2D eigenvalue weighted by molar-refractivity contribution is 0.0600. The fraction of sp³-hybridized carbons (Fsp3) is 0.364. The van der Waals surface area contributed by atoms with Crippen LogP contribution in [-0.2, 0) is 18.0 Å². The van der Waals surface area contributed by atoms with E-state index in [0.717, 1.165) is 0 Å². The first kappa shape index (κ1) is 12.5. The minimum Gasteiger partial charge on any atom is -0.496 e. The largest absolute Gasteiger partial charge is 0.496 e. The number of methoxy groups -OCH3 is 2. The molecule has 0 aromatic heterocycles. The lowest BCUT2D eigenvalue weighted by atomic mass is 10.0. The number of hydrogen-bond donors (Lipinski definition) is 2. The first-order valence-corrected chi connectivity index (χ1v) is 4.67. The van der Waals surface area contributed by atoms with Gasteiger partial charge in [0.1, 0.15) is 5.75 Å². The zero-order valence-electron chi connectivity index (χ0n) is 9.19. The van der Waals surface area contributed by atoms with Crippen molar-refractivity contribution in [2.75, 3.05) is 14.2 Å². The van der Waals surface area contributed by atoms with Crippen LogP contribution in [0.1, 0.15) is 21.5 Å². The van der Waals surface area contributed by atoms with Gasteiger partial charge in [0.25, 0.3) is 0 Å². The topological polar surface area (TPSA) is 76.0 Å². The predicted molar refractivity (Wildman–Crippen MR) is 56.2 cm³/mol. The molecule has 0 saturated carbocycles. The lowest BCUT2D eigenvalue weighted by Crippen LogP contribution is -2.06. The fourth-order valence-electron chi connectivity index (χ4n) is 1.44. The number of hydrogen-bond acceptors (Lipinski definition) is 5. The van der Waals surface area contributed by atoms with E-state index in [4.69, 9.17) is 14.9 Å². The first-order valence-electron chi connectivity index (χ1n) is 4.67. The van der Waals surface area contributed by atoms with Crippen molar-refractivity contribution in [3.05, 3.63) is 28.8 Å². The Labute approximate surface area is 93.2 Å². The molecular formula is C11H14O5. The molecule has 1 rings (SSSR count). The summed E-state index contributed by atoms with van der Waals surface area (Å²) in [6.07, 6.45) is 0.